The van der Waals surface area contributed by atoms with Gasteiger partial charge in [-0.3, -0.25) is 24.0 Å². The maximum atomic E-state index is 12.7. The molecule has 1 aliphatic heterocycles. The summed E-state index contributed by atoms with van der Waals surface area (Å²) in [5, 5.41) is 2.30. The van der Waals surface area contributed by atoms with E-state index in [1.54, 1.807) is 32.6 Å². The molecule has 1 saturated heterocycles. The number of hydrogen-bond acceptors (Lipinski definition) is 5. The third-order valence-electron chi connectivity index (χ3n) is 4.40. The Kier molecular flexibility index (Phi) is 5.22. The molecule has 2 heterocycles. The standard InChI is InChI=1S/C18H21N3O5/c1-20-15-11-12(7-8-26-10-9-25-2)3-4-13(15)21(18(20)24)14-5-6-16(22)19-17(14)23/h3-4,7-8,11,14H,5-6,9-10H2,1-2H3,(H,19,22,23)/b8-7+. The van der Waals surface area contributed by atoms with Crippen LogP contribution in [0.4, 0.5) is 0 Å². The van der Waals surface area contributed by atoms with Gasteiger partial charge in [0.1, 0.15) is 12.6 Å². The molecule has 0 aliphatic carbocycles. The Morgan fingerprint density at radius 3 is 2.77 bits per heavy atom. The number of fused-ring (bicyclic) bond motifs is 1. The third kappa shape index (κ3) is 3.41. The molecule has 1 N–H and O–H groups in total. The second kappa shape index (κ2) is 7.57. The maximum absolute atomic E-state index is 12.7. The van der Waals surface area contributed by atoms with Crippen LogP contribution in [0, 0.1) is 0 Å². The van der Waals surface area contributed by atoms with Crippen molar-refractivity contribution in [2.24, 2.45) is 7.05 Å². The number of nitrogens with zero attached hydrogens (tertiary/aromatic N) is 2. The minimum atomic E-state index is -0.678. The number of carbonyl (C=O) groups is 2. The average molecular weight is 359 g/mol. The zero-order valence-electron chi connectivity index (χ0n) is 14.7. The van der Waals surface area contributed by atoms with Crippen LogP contribution in [0.15, 0.2) is 29.3 Å². The van der Waals surface area contributed by atoms with Crippen LogP contribution in [0.1, 0.15) is 24.4 Å². The van der Waals surface area contributed by atoms with Crippen molar-refractivity contribution in [3.63, 3.8) is 0 Å². The maximum Gasteiger partial charge on any atom is 0.329 e. The van der Waals surface area contributed by atoms with Crippen molar-refractivity contribution >= 4 is 28.9 Å². The van der Waals surface area contributed by atoms with Crippen LogP contribution >= 0.6 is 0 Å². The number of imidazole rings is 1. The summed E-state index contributed by atoms with van der Waals surface area (Å²) in [5.41, 5.74) is 1.95. The van der Waals surface area contributed by atoms with Gasteiger partial charge in [-0.1, -0.05) is 6.07 Å². The first kappa shape index (κ1) is 17.9. The molecule has 0 saturated carbocycles. The number of carbonyl (C=O) groups excluding carboxylic acids is 2. The largest absolute Gasteiger partial charge is 0.499 e. The molecule has 1 fully saturated rings. The highest BCUT2D eigenvalue weighted by Gasteiger charge is 2.31. The second-order valence-electron chi connectivity index (χ2n) is 6.09. The van der Waals surface area contributed by atoms with Crippen LogP contribution in [0.5, 0.6) is 0 Å². The molecule has 1 aliphatic rings. The number of hydrogen-bond donors (Lipinski definition) is 1. The second-order valence-corrected chi connectivity index (χ2v) is 6.09. The van der Waals surface area contributed by atoms with E-state index in [4.69, 9.17) is 9.47 Å². The first-order chi connectivity index (χ1) is 12.5. The summed E-state index contributed by atoms with van der Waals surface area (Å²) in [7, 11) is 3.27. The Balaban J connectivity index is 1.92. The Hall–Kier alpha value is -2.87. The van der Waals surface area contributed by atoms with E-state index in [0.717, 1.165) is 5.56 Å². The van der Waals surface area contributed by atoms with E-state index in [1.807, 2.05) is 12.1 Å². The SMILES string of the molecule is COCCO/C=C/c1ccc2c(c1)n(C)c(=O)n2C1CCC(=O)NC1=O. The third-order valence-corrected chi connectivity index (χ3v) is 4.40. The summed E-state index contributed by atoms with van der Waals surface area (Å²) in [5.74, 6) is -0.744. The van der Waals surface area contributed by atoms with Gasteiger partial charge in [-0.2, -0.15) is 0 Å². The summed E-state index contributed by atoms with van der Waals surface area (Å²) in [6, 6.07) is 4.83. The molecule has 1 aromatic carbocycles. The molecule has 0 spiro atoms. The van der Waals surface area contributed by atoms with Gasteiger partial charge in [0.15, 0.2) is 0 Å². The van der Waals surface area contributed by atoms with E-state index in [-0.39, 0.29) is 18.0 Å². The van der Waals surface area contributed by atoms with Crippen LogP contribution in [0.25, 0.3) is 17.1 Å². The highest BCUT2D eigenvalue weighted by molar-refractivity contribution is 6.00. The molecule has 138 valence electrons. The van der Waals surface area contributed by atoms with Gasteiger partial charge >= 0.3 is 5.69 Å². The fourth-order valence-electron chi connectivity index (χ4n) is 3.04. The van der Waals surface area contributed by atoms with Gasteiger partial charge in [0, 0.05) is 20.6 Å². The van der Waals surface area contributed by atoms with Crippen molar-refractivity contribution in [1.29, 1.82) is 0 Å². The minimum absolute atomic E-state index is 0.221. The van der Waals surface area contributed by atoms with E-state index in [0.29, 0.717) is 30.7 Å². The van der Waals surface area contributed by atoms with E-state index >= 15 is 0 Å². The first-order valence-electron chi connectivity index (χ1n) is 8.34. The van der Waals surface area contributed by atoms with Gasteiger partial charge in [0.05, 0.1) is 23.9 Å². The number of methoxy groups -OCH3 is 1. The Bertz CT molecular complexity index is 925. The van der Waals surface area contributed by atoms with Crippen molar-refractivity contribution in [3.8, 4) is 0 Å². The van der Waals surface area contributed by atoms with E-state index in [1.165, 1.54) is 9.13 Å². The molecule has 1 atom stereocenters. The minimum Gasteiger partial charge on any atom is -0.499 e. The molecule has 3 rings (SSSR count). The van der Waals surface area contributed by atoms with Crippen molar-refractivity contribution < 1.29 is 19.1 Å². The Morgan fingerprint density at radius 2 is 2.04 bits per heavy atom. The van der Waals surface area contributed by atoms with Crippen molar-refractivity contribution in [2.45, 2.75) is 18.9 Å². The number of imide groups is 1. The number of aromatic nitrogens is 2. The smallest absolute Gasteiger partial charge is 0.329 e. The van der Waals surface area contributed by atoms with E-state index in [9.17, 15) is 14.4 Å². The molecule has 1 unspecified atom stereocenters. The first-order valence-corrected chi connectivity index (χ1v) is 8.34. The van der Waals surface area contributed by atoms with Gasteiger partial charge in [-0.05, 0) is 30.2 Å². The van der Waals surface area contributed by atoms with Crippen molar-refractivity contribution in [3.05, 3.63) is 40.5 Å². The fraction of sp³-hybridized carbons (Fsp3) is 0.389. The molecule has 1 aromatic heterocycles. The number of aryl methyl sites for hydroxylation is 1. The molecular weight excluding hydrogens is 338 g/mol. The van der Waals surface area contributed by atoms with E-state index < -0.39 is 11.9 Å². The number of amides is 2. The zero-order chi connectivity index (χ0) is 18.7. The van der Waals surface area contributed by atoms with Gasteiger partial charge < -0.3 is 9.47 Å². The molecular formula is C18H21N3O5. The molecule has 26 heavy (non-hydrogen) atoms. The Morgan fingerprint density at radius 1 is 1.23 bits per heavy atom. The normalized spacial score (nSPS) is 17.8. The number of rotatable bonds is 6. The van der Waals surface area contributed by atoms with Crippen molar-refractivity contribution in [1.82, 2.24) is 14.5 Å². The summed E-state index contributed by atoms with van der Waals surface area (Å²) in [6.07, 6.45) is 3.91. The Labute approximate surface area is 150 Å². The van der Waals surface area contributed by atoms with Crippen LogP contribution in [0.3, 0.4) is 0 Å². The molecule has 2 amide bonds. The molecule has 2 aromatic rings. The predicted octanol–water partition coefficient (Wildman–Crippen LogP) is 0.951. The predicted molar refractivity (Wildman–Crippen MR) is 95.5 cm³/mol. The quantitative estimate of drug-likeness (QED) is 0.471. The lowest BCUT2D eigenvalue weighted by Crippen LogP contribution is -2.44. The number of nitrogens with one attached hydrogen (secondary N) is 1. The average Bonchev–Trinajstić information content (AvgIpc) is 2.86. The van der Waals surface area contributed by atoms with E-state index in [2.05, 4.69) is 5.32 Å². The lowest BCUT2D eigenvalue weighted by Gasteiger charge is -2.21. The number of ether oxygens (including phenoxy) is 2. The fourth-order valence-corrected chi connectivity index (χ4v) is 3.04. The number of piperidine rings is 1. The van der Waals surface area contributed by atoms with Crippen LogP contribution in [-0.4, -0.2) is 41.3 Å². The molecule has 0 radical (unpaired) electrons. The summed E-state index contributed by atoms with van der Waals surface area (Å²) >= 11 is 0. The summed E-state index contributed by atoms with van der Waals surface area (Å²) < 4.78 is 13.2. The molecule has 8 heteroatoms. The van der Waals surface area contributed by atoms with Gasteiger partial charge in [-0.25, -0.2) is 4.79 Å². The van der Waals surface area contributed by atoms with Crippen LogP contribution < -0.4 is 11.0 Å². The lowest BCUT2D eigenvalue weighted by atomic mass is 10.1. The van der Waals surface area contributed by atoms with Gasteiger partial charge in [0.2, 0.25) is 11.8 Å². The molecule has 8 nitrogen and oxygen atoms in total. The highest BCUT2D eigenvalue weighted by atomic mass is 16.5. The highest BCUT2D eigenvalue weighted by Crippen LogP contribution is 2.24. The topological polar surface area (TPSA) is 91.6 Å². The number of benzene rings is 1. The summed E-state index contributed by atoms with van der Waals surface area (Å²) in [4.78, 5) is 36.2. The van der Waals surface area contributed by atoms with Crippen molar-refractivity contribution in [2.75, 3.05) is 20.3 Å². The van der Waals surface area contributed by atoms with Crippen LogP contribution in [0.2, 0.25) is 0 Å². The van der Waals surface area contributed by atoms with Gasteiger partial charge in [-0.15, -0.1) is 0 Å². The monoisotopic (exact) mass is 359 g/mol. The zero-order valence-corrected chi connectivity index (χ0v) is 14.7. The molecule has 0 bridgehead atoms. The lowest BCUT2D eigenvalue weighted by molar-refractivity contribution is -0.135. The summed E-state index contributed by atoms with van der Waals surface area (Å²) in [6.45, 7) is 0.965. The van der Waals surface area contributed by atoms with Gasteiger partial charge in [0.25, 0.3) is 0 Å². The van der Waals surface area contributed by atoms with Crippen LogP contribution in [-0.2, 0) is 26.1 Å².